The van der Waals surface area contributed by atoms with E-state index in [0.717, 1.165) is 0 Å². The van der Waals surface area contributed by atoms with Gasteiger partial charge in [-0.05, 0) is 25.1 Å². The summed E-state index contributed by atoms with van der Waals surface area (Å²) in [5, 5.41) is 6.05. The molecule has 1 aromatic heterocycles. The van der Waals surface area contributed by atoms with Gasteiger partial charge < -0.3 is 18.7 Å². The van der Waals surface area contributed by atoms with E-state index in [2.05, 4.69) is 10.5 Å². The van der Waals surface area contributed by atoms with Gasteiger partial charge in [0, 0.05) is 6.07 Å². The van der Waals surface area contributed by atoms with Crippen molar-refractivity contribution in [3.05, 3.63) is 35.5 Å². The summed E-state index contributed by atoms with van der Waals surface area (Å²) in [7, 11) is 2.95. The Labute approximate surface area is 132 Å². The standard InChI is InChI=1S/C15H16N2O6/c1-9-6-14(23-17-9)16-13(18)8-22-15(19)10-4-5-11(20-2)12(7-10)21-3/h4-7H,8H2,1-3H3,(H,16,18). The number of hydrogen-bond acceptors (Lipinski definition) is 7. The highest BCUT2D eigenvalue weighted by molar-refractivity contribution is 5.95. The van der Waals surface area contributed by atoms with Gasteiger partial charge in [0.15, 0.2) is 18.1 Å². The van der Waals surface area contributed by atoms with Crippen LogP contribution in [-0.2, 0) is 9.53 Å². The van der Waals surface area contributed by atoms with Crippen molar-refractivity contribution in [2.75, 3.05) is 26.1 Å². The summed E-state index contributed by atoms with van der Waals surface area (Å²) in [6.45, 7) is 1.27. The minimum Gasteiger partial charge on any atom is -0.493 e. The Balaban J connectivity index is 1.92. The summed E-state index contributed by atoms with van der Waals surface area (Å²) in [5.74, 6) is -0.120. The van der Waals surface area contributed by atoms with Crippen LogP contribution >= 0.6 is 0 Å². The van der Waals surface area contributed by atoms with Gasteiger partial charge in [-0.1, -0.05) is 5.16 Å². The zero-order chi connectivity index (χ0) is 16.8. The predicted octanol–water partition coefficient (Wildman–Crippen LogP) is 1.80. The van der Waals surface area contributed by atoms with Crippen LogP contribution in [0.3, 0.4) is 0 Å². The van der Waals surface area contributed by atoms with Crippen LogP contribution in [0.4, 0.5) is 5.88 Å². The van der Waals surface area contributed by atoms with Gasteiger partial charge in [-0.3, -0.25) is 10.1 Å². The lowest BCUT2D eigenvalue weighted by Crippen LogP contribution is -2.20. The Morgan fingerprint density at radius 1 is 1.17 bits per heavy atom. The molecule has 122 valence electrons. The van der Waals surface area contributed by atoms with Gasteiger partial charge in [-0.25, -0.2) is 4.79 Å². The molecule has 23 heavy (non-hydrogen) atoms. The number of rotatable bonds is 6. The van der Waals surface area contributed by atoms with Gasteiger partial charge in [0.25, 0.3) is 5.91 Å². The number of methoxy groups -OCH3 is 2. The molecule has 0 unspecified atom stereocenters. The summed E-state index contributed by atoms with van der Waals surface area (Å²) in [5.41, 5.74) is 0.869. The van der Waals surface area contributed by atoms with Crippen molar-refractivity contribution in [3.8, 4) is 11.5 Å². The summed E-state index contributed by atoms with van der Waals surface area (Å²) < 4.78 is 19.9. The lowest BCUT2D eigenvalue weighted by Gasteiger charge is -2.09. The maximum Gasteiger partial charge on any atom is 0.338 e. The van der Waals surface area contributed by atoms with Gasteiger partial charge in [0.2, 0.25) is 5.88 Å². The highest BCUT2D eigenvalue weighted by Crippen LogP contribution is 2.27. The van der Waals surface area contributed by atoms with E-state index in [1.165, 1.54) is 26.4 Å². The van der Waals surface area contributed by atoms with Crippen LogP contribution in [0.2, 0.25) is 0 Å². The third kappa shape index (κ3) is 4.22. The predicted molar refractivity (Wildman–Crippen MR) is 79.7 cm³/mol. The molecule has 1 N–H and O–H groups in total. The summed E-state index contributed by atoms with van der Waals surface area (Å²) in [4.78, 5) is 23.6. The van der Waals surface area contributed by atoms with Crippen molar-refractivity contribution in [1.82, 2.24) is 5.16 Å². The summed E-state index contributed by atoms with van der Waals surface area (Å²) >= 11 is 0. The Morgan fingerprint density at radius 2 is 1.91 bits per heavy atom. The van der Waals surface area contributed by atoms with E-state index in [1.54, 1.807) is 19.1 Å². The van der Waals surface area contributed by atoms with Crippen LogP contribution in [0.5, 0.6) is 11.5 Å². The molecule has 8 heteroatoms. The Morgan fingerprint density at radius 3 is 2.52 bits per heavy atom. The van der Waals surface area contributed by atoms with Gasteiger partial charge in [0.1, 0.15) is 0 Å². The first-order valence-corrected chi connectivity index (χ1v) is 6.66. The van der Waals surface area contributed by atoms with Crippen molar-refractivity contribution >= 4 is 17.8 Å². The third-order valence-electron chi connectivity index (χ3n) is 2.84. The molecule has 0 saturated carbocycles. The average Bonchev–Trinajstić information content (AvgIpc) is 2.96. The highest BCUT2D eigenvalue weighted by atomic mass is 16.5. The van der Waals surface area contributed by atoms with Crippen molar-refractivity contribution in [3.63, 3.8) is 0 Å². The van der Waals surface area contributed by atoms with E-state index < -0.39 is 18.5 Å². The molecule has 1 aromatic carbocycles. The van der Waals surface area contributed by atoms with Crippen molar-refractivity contribution in [2.24, 2.45) is 0 Å². The number of amides is 1. The number of nitrogens with zero attached hydrogens (tertiary/aromatic N) is 1. The van der Waals surface area contributed by atoms with Crippen LogP contribution in [0.15, 0.2) is 28.8 Å². The molecule has 0 saturated heterocycles. The number of hydrogen-bond donors (Lipinski definition) is 1. The van der Waals surface area contributed by atoms with Crippen molar-refractivity contribution < 1.29 is 28.3 Å². The number of carbonyl (C=O) groups is 2. The maximum atomic E-state index is 11.9. The van der Waals surface area contributed by atoms with Crippen molar-refractivity contribution in [2.45, 2.75) is 6.92 Å². The maximum absolute atomic E-state index is 11.9. The lowest BCUT2D eigenvalue weighted by molar-refractivity contribution is -0.119. The first kappa shape index (κ1) is 16.3. The Hall–Kier alpha value is -3.03. The zero-order valence-electron chi connectivity index (χ0n) is 12.9. The van der Waals surface area contributed by atoms with Gasteiger partial charge >= 0.3 is 5.97 Å². The molecule has 2 aromatic rings. The molecule has 0 aliphatic rings. The monoisotopic (exact) mass is 320 g/mol. The largest absolute Gasteiger partial charge is 0.493 e. The quantitative estimate of drug-likeness (QED) is 0.810. The number of esters is 1. The minimum absolute atomic E-state index is 0.190. The van der Waals surface area contributed by atoms with Crippen molar-refractivity contribution in [1.29, 1.82) is 0 Å². The normalized spacial score (nSPS) is 10.0. The number of nitrogens with one attached hydrogen (secondary N) is 1. The first-order valence-electron chi connectivity index (χ1n) is 6.66. The third-order valence-corrected chi connectivity index (χ3v) is 2.84. The molecule has 0 atom stereocenters. The van der Waals surface area contributed by atoms with E-state index in [-0.39, 0.29) is 11.4 Å². The fourth-order valence-electron chi connectivity index (χ4n) is 1.77. The molecule has 0 radical (unpaired) electrons. The summed E-state index contributed by atoms with van der Waals surface area (Å²) in [6, 6.07) is 6.11. The second-order valence-corrected chi connectivity index (χ2v) is 4.53. The highest BCUT2D eigenvalue weighted by Gasteiger charge is 2.14. The van der Waals surface area contributed by atoms with Gasteiger partial charge in [0.05, 0.1) is 25.5 Å². The molecule has 0 fully saturated rings. The van der Waals surface area contributed by atoms with Gasteiger partial charge in [-0.15, -0.1) is 0 Å². The molecule has 8 nitrogen and oxygen atoms in total. The van der Waals surface area contributed by atoms with E-state index in [0.29, 0.717) is 17.2 Å². The minimum atomic E-state index is -0.658. The molecular weight excluding hydrogens is 304 g/mol. The van der Waals surface area contributed by atoms with E-state index >= 15 is 0 Å². The van der Waals surface area contributed by atoms with E-state index in [9.17, 15) is 9.59 Å². The molecule has 1 heterocycles. The second kappa shape index (κ2) is 7.30. The van der Waals surface area contributed by atoms with Crippen LogP contribution in [-0.4, -0.2) is 37.9 Å². The lowest BCUT2D eigenvalue weighted by atomic mass is 10.2. The fourth-order valence-corrected chi connectivity index (χ4v) is 1.77. The molecular formula is C15H16N2O6. The number of carbonyl (C=O) groups excluding carboxylic acids is 2. The number of aromatic nitrogens is 1. The molecule has 0 spiro atoms. The number of anilines is 1. The first-order chi connectivity index (χ1) is 11.0. The summed E-state index contributed by atoms with van der Waals surface area (Å²) in [6.07, 6.45) is 0. The Kier molecular flexibility index (Phi) is 5.19. The smallest absolute Gasteiger partial charge is 0.338 e. The fraction of sp³-hybridized carbons (Fsp3) is 0.267. The van der Waals surface area contributed by atoms with E-state index in [4.69, 9.17) is 18.7 Å². The SMILES string of the molecule is COc1ccc(C(=O)OCC(=O)Nc2cc(C)no2)cc1OC. The number of aryl methyl sites for hydroxylation is 1. The molecule has 0 aliphatic carbocycles. The van der Waals surface area contributed by atoms with E-state index in [1.807, 2.05) is 0 Å². The molecule has 1 amide bonds. The molecule has 0 bridgehead atoms. The molecule has 0 aliphatic heterocycles. The topological polar surface area (TPSA) is 99.9 Å². The Bertz CT molecular complexity index is 710. The number of benzene rings is 1. The second-order valence-electron chi connectivity index (χ2n) is 4.53. The molecule has 2 rings (SSSR count). The van der Waals surface area contributed by atoms with Crippen LogP contribution in [0.1, 0.15) is 16.1 Å². The zero-order valence-corrected chi connectivity index (χ0v) is 12.9. The van der Waals surface area contributed by atoms with Crippen LogP contribution in [0.25, 0.3) is 0 Å². The van der Waals surface area contributed by atoms with Gasteiger partial charge in [-0.2, -0.15) is 0 Å². The van der Waals surface area contributed by atoms with Crippen LogP contribution < -0.4 is 14.8 Å². The van der Waals surface area contributed by atoms with Crippen LogP contribution in [0, 0.1) is 6.92 Å². The number of ether oxygens (including phenoxy) is 3. The average molecular weight is 320 g/mol.